The van der Waals surface area contributed by atoms with Gasteiger partial charge in [0.15, 0.2) is 0 Å². The number of rotatable bonds is 5. The molecule has 18 heavy (non-hydrogen) atoms. The van der Waals surface area contributed by atoms with Gasteiger partial charge in [-0.1, -0.05) is 18.9 Å². The maximum absolute atomic E-state index is 5.64. The molecule has 0 amide bonds. The Morgan fingerprint density at radius 1 is 1.50 bits per heavy atom. The Bertz CT molecular complexity index is 369. The molecule has 1 saturated heterocycles. The standard InChI is InChI=1S/C12H22N4O2/c1-4-13-7-11-14-15-12(18-11)16-6-5-9(2)10(8-16)17-3/h9-10,13H,4-8H2,1-3H3. The molecule has 1 aliphatic heterocycles. The zero-order chi connectivity index (χ0) is 13.0. The number of hydrogen-bond acceptors (Lipinski definition) is 6. The minimum absolute atomic E-state index is 0.239. The fourth-order valence-corrected chi connectivity index (χ4v) is 2.19. The van der Waals surface area contributed by atoms with Crippen LogP contribution in [0.2, 0.25) is 0 Å². The molecule has 102 valence electrons. The van der Waals surface area contributed by atoms with Crippen molar-refractivity contribution in [2.24, 2.45) is 5.92 Å². The highest BCUT2D eigenvalue weighted by atomic mass is 16.5. The molecule has 0 radical (unpaired) electrons. The molecule has 0 aromatic carbocycles. The second kappa shape index (κ2) is 6.15. The lowest BCUT2D eigenvalue weighted by atomic mass is 9.96. The number of hydrogen-bond donors (Lipinski definition) is 1. The van der Waals surface area contributed by atoms with E-state index < -0.39 is 0 Å². The van der Waals surface area contributed by atoms with Crippen molar-refractivity contribution in [1.29, 1.82) is 0 Å². The molecule has 0 spiro atoms. The molecule has 2 unspecified atom stereocenters. The Hall–Kier alpha value is -1.14. The van der Waals surface area contributed by atoms with E-state index in [0.29, 0.717) is 24.4 Å². The Balaban J connectivity index is 1.96. The average Bonchev–Trinajstić information content (AvgIpc) is 2.85. The van der Waals surface area contributed by atoms with Gasteiger partial charge in [-0.3, -0.25) is 0 Å². The minimum Gasteiger partial charge on any atom is -0.407 e. The van der Waals surface area contributed by atoms with E-state index in [9.17, 15) is 0 Å². The van der Waals surface area contributed by atoms with Crippen molar-refractivity contribution in [3.8, 4) is 0 Å². The summed E-state index contributed by atoms with van der Waals surface area (Å²) in [5, 5.41) is 11.3. The largest absolute Gasteiger partial charge is 0.407 e. The zero-order valence-corrected chi connectivity index (χ0v) is 11.3. The fraction of sp³-hybridized carbons (Fsp3) is 0.833. The van der Waals surface area contributed by atoms with Crippen LogP contribution in [0.3, 0.4) is 0 Å². The van der Waals surface area contributed by atoms with Gasteiger partial charge in [0, 0.05) is 20.2 Å². The van der Waals surface area contributed by atoms with Gasteiger partial charge >= 0.3 is 6.01 Å². The summed E-state index contributed by atoms with van der Waals surface area (Å²) in [6.45, 7) is 7.55. The molecular weight excluding hydrogens is 232 g/mol. The van der Waals surface area contributed by atoms with Crippen LogP contribution < -0.4 is 10.2 Å². The number of nitrogens with one attached hydrogen (secondary N) is 1. The first-order valence-corrected chi connectivity index (χ1v) is 6.55. The van der Waals surface area contributed by atoms with E-state index in [1.165, 1.54) is 0 Å². The summed E-state index contributed by atoms with van der Waals surface area (Å²) in [7, 11) is 1.76. The number of methoxy groups -OCH3 is 1. The summed E-state index contributed by atoms with van der Waals surface area (Å²) in [5.41, 5.74) is 0. The van der Waals surface area contributed by atoms with Gasteiger partial charge in [0.2, 0.25) is 5.89 Å². The molecule has 1 N–H and O–H groups in total. The first-order chi connectivity index (χ1) is 8.74. The number of ether oxygens (including phenoxy) is 1. The Kier molecular flexibility index (Phi) is 4.54. The van der Waals surface area contributed by atoms with Gasteiger partial charge in [0.1, 0.15) is 0 Å². The van der Waals surface area contributed by atoms with E-state index >= 15 is 0 Å². The smallest absolute Gasteiger partial charge is 0.318 e. The van der Waals surface area contributed by atoms with Crippen molar-refractivity contribution in [2.45, 2.75) is 32.9 Å². The Morgan fingerprint density at radius 2 is 2.33 bits per heavy atom. The molecule has 1 aromatic heterocycles. The van der Waals surface area contributed by atoms with Crippen LogP contribution in [0.5, 0.6) is 0 Å². The van der Waals surface area contributed by atoms with Crippen molar-refractivity contribution in [2.75, 3.05) is 31.6 Å². The van der Waals surface area contributed by atoms with Gasteiger partial charge in [-0.2, -0.15) is 0 Å². The molecule has 1 aliphatic rings. The van der Waals surface area contributed by atoms with Gasteiger partial charge in [-0.15, -0.1) is 5.10 Å². The van der Waals surface area contributed by atoms with E-state index in [0.717, 1.165) is 26.1 Å². The third-order valence-electron chi connectivity index (χ3n) is 3.45. The predicted octanol–water partition coefficient (Wildman–Crippen LogP) is 1.04. The molecule has 1 aromatic rings. The third kappa shape index (κ3) is 3.00. The lowest BCUT2D eigenvalue weighted by molar-refractivity contribution is 0.0485. The molecule has 2 rings (SSSR count). The summed E-state index contributed by atoms with van der Waals surface area (Å²) < 4.78 is 11.1. The number of nitrogens with zero attached hydrogens (tertiary/aromatic N) is 3. The summed E-state index contributed by atoms with van der Waals surface area (Å²) in [6.07, 6.45) is 1.33. The highest BCUT2D eigenvalue weighted by Gasteiger charge is 2.28. The molecule has 0 bridgehead atoms. The molecule has 2 heterocycles. The van der Waals surface area contributed by atoms with E-state index in [1.54, 1.807) is 7.11 Å². The fourth-order valence-electron chi connectivity index (χ4n) is 2.19. The molecule has 0 saturated carbocycles. The highest BCUT2D eigenvalue weighted by Crippen LogP contribution is 2.23. The van der Waals surface area contributed by atoms with E-state index in [-0.39, 0.29) is 6.10 Å². The van der Waals surface area contributed by atoms with Crippen LogP contribution in [0.15, 0.2) is 4.42 Å². The van der Waals surface area contributed by atoms with Crippen LogP contribution in [0.25, 0.3) is 0 Å². The van der Waals surface area contributed by atoms with Crippen LogP contribution in [0, 0.1) is 5.92 Å². The van der Waals surface area contributed by atoms with E-state index in [4.69, 9.17) is 9.15 Å². The molecular formula is C12H22N4O2. The first kappa shape index (κ1) is 13.3. The third-order valence-corrected chi connectivity index (χ3v) is 3.45. The second-order valence-electron chi connectivity index (χ2n) is 4.74. The molecule has 1 fully saturated rings. The van der Waals surface area contributed by atoms with Crippen molar-refractivity contribution >= 4 is 6.01 Å². The topological polar surface area (TPSA) is 63.4 Å². The van der Waals surface area contributed by atoms with Crippen LogP contribution in [-0.4, -0.2) is 43.0 Å². The van der Waals surface area contributed by atoms with Crippen molar-refractivity contribution in [1.82, 2.24) is 15.5 Å². The van der Waals surface area contributed by atoms with Crippen molar-refractivity contribution < 1.29 is 9.15 Å². The summed E-state index contributed by atoms with van der Waals surface area (Å²) >= 11 is 0. The minimum atomic E-state index is 0.239. The number of anilines is 1. The van der Waals surface area contributed by atoms with Crippen LogP contribution in [0.4, 0.5) is 6.01 Å². The average molecular weight is 254 g/mol. The summed E-state index contributed by atoms with van der Waals surface area (Å²) in [5.74, 6) is 1.22. The maximum Gasteiger partial charge on any atom is 0.318 e. The van der Waals surface area contributed by atoms with Crippen LogP contribution in [-0.2, 0) is 11.3 Å². The molecule has 6 heteroatoms. The summed E-state index contributed by atoms with van der Waals surface area (Å²) in [6, 6.07) is 0.608. The van der Waals surface area contributed by atoms with Gasteiger partial charge in [0.25, 0.3) is 0 Å². The monoisotopic (exact) mass is 254 g/mol. The first-order valence-electron chi connectivity index (χ1n) is 6.55. The molecule has 6 nitrogen and oxygen atoms in total. The summed E-state index contributed by atoms with van der Waals surface area (Å²) in [4.78, 5) is 2.11. The number of piperidine rings is 1. The maximum atomic E-state index is 5.64. The highest BCUT2D eigenvalue weighted by molar-refractivity contribution is 5.25. The van der Waals surface area contributed by atoms with Gasteiger partial charge in [0.05, 0.1) is 12.6 Å². The second-order valence-corrected chi connectivity index (χ2v) is 4.74. The SMILES string of the molecule is CCNCc1nnc(N2CCC(C)C(OC)C2)o1. The number of aromatic nitrogens is 2. The normalized spacial score (nSPS) is 24.5. The van der Waals surface area contributed by atoms with Crippen molar-refractivity contribution in [3.05, 3.63) is 5.89 Å². The lowest BCUT2D eigenvalue weighted by Gasteiger charge is -2.34. The van der Waals surface area contributed by atoms with E-state index in [1.807, 2.05) is 6.92 Å². The van der Waals surface area contributed by atoms with Gasteiger partial charge in [-0.05, 0) is 18.9 Å². The lowest BCUT2D eigenvalue weighted by Crippen LogP contribution is -2.44. The quantitative estimate of drug-likeness (QED) is 0.847. The van der Waals surface area contributed by atoms with Gasteiger partial charge in [-0.25, -0.2) is 0 Å². The van der Waals surface area contributed by atoms with E-state index in [2.05, 4.69) is 27.3 Å². The predicted molar refractivity (Wildman–Crippen MR) is 68.5 cm³/mol. The van der Waals surface area contributed by atoms with Crippen molar-refractivity contribution in [3.63, 3.8) is 0 Å². The van der Waals surface area contributed by atoms with Crippen LogP contribution in [0.1, 0.15) is 26.2 Å². The molecule has 0 aliphatic carbocycles. The van der Waals surface area contributed by atoms with Gasteiger partial charge < -0.3 is 19.4 Å². The van der Waals surface area contributed by atoms with Crippen LogP contribution >= 0.6 is 0 Å². The Morgan fingerprint density at radius 3 is 3.06 bits per heavy atom. The molecule has 2 atom stereocenters. The zero-order valence-electron chi connectivity index (χ0n) is 11.3. The Labute approximate surface area is 108 Å².